The first kappa shape index (κ1) is 14.0. The van der Waals surface area contributed by atoms with Crippen molar-refractivity contribution in [1.82, 2.24) is 4.98 Å². The molecule has 0 bridgehead atoms. The molecule has 0 radical (unpaired) electrons. The molecular weight excluding hydrogens is 282 g/mol. The van der Waals surface area contributed by atoms with Crippen LogP contribution in [-0.4, -0.2) is 29.1 Å². The molecule has 1 aromatic heterocycles. The van der Waals surface area contributed by atoms with E-state index in [-0.39, 0.29) is 21.8 Å². The van der Waals surface area contributed by atoms with Gasteiger partial charge in [0.1, 0.15) is 5.15 Å². The highest BCUT2D eigenvalue weighted by atomic mass is 35.5. The zero-order valence-corrected chi connectivity index (χ0v) is 11.2. The van der Waals surface area contributed by atoms with E-state index in [0.29, 0.717) is 5.56 Å². The zero-order valence-electron chi connectivity index (χ0n) is 10.5. The van der Waals surface area contributed by atoms with E-state index in [2.05, 4.69) is 9.72 Å². The number of pyridine rings is 1. The van der Waals surface area contributed by atoms with Gasteiger partial charge >= 0.3 is 11.9 Å². The minimum absolute atomic E-state index is 0.0391. The molecule has 2 rings (SSSR count). The molecular formula is C14H10ClNO4. The summed E-state index contributed by atoms with van der Waals surface area (Å²) in [6.45, 7) is 0. The fraction of sp³-hybridized carbons (Fsp3) is 0.0714. The van der Waals surface area contributed by atoms with Crippen molar-refractivity contribution in [1.29, 1.82) is 0 Å². The average molecular weight is 292 g/mol. The monoisotopic (exact) mass is 291 g/mol. The van der Waals surface area contributed by atoms with Gasteiger partial charge in [-0.15, -0.1) is 0 Å². The molecule has 0 unspecified atom stereocenters. The maximum atomic E-state index is 11.8. The van der Waals surface area contributed by atoms with Gasteiger partial charge in [0.05, 0.1) is 18.2 Å². The van der Waals surface area contributed by atoms with Crippen LogP contribution in [0.2, 0.25) is 5.15 Å². The molecule has 0 amide bonds. The Bertz CT molecular complexity index is 685. The fourth-order valence-corrected chi connectivity index (χ4v) is 2.09. The predicted molar refractivity (Wildman–Crippen MR) is 73.0 cm³/mol. The van der Waals surface area contributed by atoms with Crippen molar-refractivity contribution in [2.45, 2.75) is 0 Å². The quantitative estimate of drug-likeness (QED) is 0.695. The van der Waals surface area contributed by atoms with Crippen molar-refractivity contribution in [3.05, 3.63) is 52.8 Å². The second-order valence-electron chi connectivity index (χ2n) is 3.87. The Morgan fingerprint density at radius 2 is 1.90 bits per heavy atom. The second kappa shape index (κ2) is 5.71. The molecule has 0 aliphatic carbocycles. The number of hydrogen-bond donors (Lipinski definition) is 1. The minimum Gasteiger partial charge on any atom is -0.478 e. The molecule has 0 saturated heterocycles. The first-order chi connectivity index (χ1) is 9.56. The van der Waals surface area contributed by atoms with Gasteiger partial charge < -0.3 is 9.84 Å². The highest BCUT2D eigenvalue weighted by Crippen LogP contribution is 2.32. The standard InChI is InChI=1S/C14H10ClNO4/c1-20-14(19)10-5-2-4-9(13(17)18)11(10)8-6-3-7-16-12(8)15/h2-7H,1H3,(H,17,18). The third-order valence-corrected chi connectivity index (χ3v) is 3.03. The van der Waals surface area contributed by atoms with Crippen LogP contribution < -0.4 is 0 Å². The van der Waals surface area contributed by atoms with E-state index in [1.807, 2.05) is 0 Å². The molecule has 102 valence electrons. The zero-order chi connectivity index (χ0) is 14.7. The molecule has 0 aliphatic rings. The van der Waals surface area contributed by atoms with Crippen LogP contribution in [0.15, 0.2) is 36.5 Å². The summed E-state index contributed by atoms with van der Waals surface area (Å²) in [6, 6.07) is 7.57. The number of carboxylic acids is 1. The van der Waals surface area contributed by atoms with Gasteiger partial charge in [-0.2, -0.15) is 0 Å². The van der Waals surface area contributed by atoms with Crippen molar-refractivity contribution in [2.24, 2.45) is 0 Å². The van der Waals surface area contributed by atoms with Crippen molar-refractivity contribution < 1.29 is 19.4 Å². The summed E-state index contributed by atoms with van der Waals surface area (Å²) in [5.74, 6) is -1.80. The summed E-state index contributed by atoms with van der Waals surface area (Å²) in [6.07, 6.45) is 1.48. The topological polar surface area (TPSA) is 76.5 Å². The highest BCUT2D eigenvalue weighted by molar-refractivity contribution is 6.32. The van der Waals surface area contributed by atoms with E-state index in [4.69, 9.17) is 11.6 Å². The van der Waals surface area contributed by atoms with Crippen LogP contribution in [0.25, 0.3) is 11.1 Å². The largest absolute Gasteiger partial charge is 0.478 e. The fourth-order valence-electron chi connectivity index (χ4n) is 1.87. The van der Waals surface area contributed by atoms with Crippen LogP contribution in [-0.2, 0) is 4.74 Å². The normalized spacial score (nSPS) is 10.1. The molecule has 2 aromatic rings. The molecule has 6 heteroatoms. The summed E-state index contributed by atoms with van der Waals surface area (Å²) in [4.78, 5) is 27.1. The molecule has 1 heterocycles. The van der Waals surface area contributed by atoms with Gasteiger partial charge in [-0.1, -0.05) is 17.7 Å². The van der Waals surface area contributed by atoms with E-state index in [9.17, 15) is 14.7 Å². The number of hydrogen-bond acceptors (Lipinski definition) is 4. The number of esters is 1. The van der Waals surface area contributed by atoms with Crippen molar-refractivity contribution in [3.8, 4) is 11.1 Å². The lowest BCUT2D eigenvalue weighted by Crippen LogP contribution is -2.09. The van der Waals surface area contributed by atoms with E-state index in [0.717, 1.165) is 0 Å². The third kappa shape index (κ3) is 2.48. The van der Waals surface area contributed by atoms with Crippen LogP contribution >= 0.6 is 11.6 Å². The number of carbonyl (C=O) groups is 2. The Labute approximate surface area is 119 Å². The summed E-state index contributed by atoms with van der Waals surface area (Å²) < 4.78 is 4.68. The lowest BCUT2D eigenvalue weighted by molar-refractivity contribution is 0.0601. The molecule has 0 aliphatic heterocycles. The number of methoxy groups -OCH3 is 1. The molecule has 1 N–H and O–H groups in total. The van der Waals surface area contributed by atoms with Gasteiger partial charge in [-0.25, -0.2) is 14.6 Å². The molecule has 0 fully saturated rings. The Morgan fingerprint density at radius 3 is 2.50 bits per heavy atom. The average Bonchev–Trinajstić information content (AvgIpc) is 2.46. The molecule has 0 saturated carbocycles. The number of carboxylic acid groups (broad SMARTS) is 1. The number of rotatable bonds is 3. The van der Waals surface area contributed by atoms with Crippen molar-refractivity contribution in [3.63, 3.8) is 0 Å². The molecule has 20 heavy (non-hydrogen) atoms. The predicted octanol–water partition coefficient (Wildman–Crippen LogP) is 2.89. The van der Waals surface area contributed by atoms with Gasteiger partial charge in [0, 0.05) is 17.3 Å². The van der Waals surface area contributed by atoms with E-state index in [1.54, 1.807) is 12.1 Å². The van der Waals surface area contributed by atoms with Crippen LogP contribution in [0.4, 0.5) is 0 Å². The summed E-state index contributed by atoms with van der Waals surface area (Å²) in [5, 5.41) is 9.40. The Hall–Kier alpha value is -2.40. The summed E-state index contributed by atoms with van der Waals surface area (Å²) in [5.41, 5.74) is 0.655. The van der Waals surface area contributed by atoms with Crippen LogP contribution in [0, 0.1) is 0 Å². The number of aromatic nitrogens is 1. The molecule has 5 nitrogen and oxygen atoms in total. The van der Waals surface area contributed by atoms with Gasteiger partial charge in [0.15, 0.2) is 0 Å². The number of halogens is 1. The minimum atomic E-state index is -1.16. The van der Waals surface area contributed by atoms with Crippen LogP contribution in [0.3, 0.4) is 0 Å². The van der Waals surface area contributed by atoms with E-state index >= 15 is 0 Å². The summed E-state index contributed by atoms with van der Waals surface area (Å²) >= 11 is 6.00. The van der Waals surface area contributed by atoms with Crippen molar-refractivity contribution >= 4 is 23.5 Å². The number of carbonyl (C=O) groups excluding carboxylic acids is 1. The SMILES string of the molecule is COC(=O)c1cccc(C(=O)O)c1-c1cccnc1Cl. The first-order valence-corrected chi connectivity index (χ1v) is 5.99. The van der Waals surface area contributed by atoms with E-state index in [1.165, 1.54) is 31.5 Å². The number of nitrogens with zero attached hydrogens (tertiary/aromatic N) is 1. The lowest BCUT2D eigenvalue weighted by atomic mass is 9.95. The molecule has 0 atom stereocenters. The summed E-state index contributed by atoms with van der Waals surface area (Å²) in [7, 11) is 1.23. The number of ether oxygens (including phenoxy) is 1. The maximum Gasteiger partial charge on any atom is 0.338 e. The smallest absolute Gasteiger partial charge is 0.338 e. The van der Waals surface area contributed by atoms with Gasteiger partial charge in [-0.05, 0) is 24.3 Å². The highest BCUT2D eigenvalue weighted by Gasteiger charge is 2.22. The van der Waals surface area contributed by atoms with Gasteiger partial charge in [-0.3, -0.25) is 0 Å². The third-order valence-electron chi connectivity index (χ3n) is 2.73. The first-order valence-electron chi connectivity index (χ1n) is 5.61. The Morgan fingerprint density at radius 1 is 1.20 bits per heavy atom. The van der Waals surface area contributed by atoms with Crippen LogP contribution in [0.5, 0.6) is 0 Å². The molecule has 0 spiro atoms. The van der Waals surface area contributed by atoms with E-state index < -0.39 is 11.9 Å². The lowest BCUT2D eigenvalue weighted by Gasteiger charge is -2.12. The Kier molecular flexibility index (Phi) is 4.00. The number of benzene rings is 1. The van der Waals surface area contributed by atoms with Gasteiger partial charge in [0.2, 0.25) is 0 Å². The maximum absolute atomic E-state index is 11.8. The van der Waals surface area contributed by atoms with Crippen LogP contribution in [0.1, 0.15) is 20.7 Å². The van der Waals surface area contributed by atoms with Gasteiger partial charge in [0.25, 0.3) is 0 Å². The van der Waals surface area contributed by atoms with Crippen molar-refractivity contribution in [2.75, 3.05) is 7.11 Å². The second-order valence-corrected chi connectivity index (χ2v) is 4.22. The molecule has 1 aromatic carbocycles. The Balaban J connectivity index is 2.80. The number of aromatic carboxylic acids is 1.